The van der Waals surface area contributed by atoms with Gasteiger partial charge in [-0.25, -0.2) is 9.78 Å². The third-order valence-electron chi connectivity index (χ3n) is 19.7. The average molecular weight is 1720 g/mol. The van der Waals surface area contributed by atoms with Crippen molar-refractivity contribution in [2.75, 3.05) is 13.1 Å². The molecule has 122 heavy (non-hydrogen) atoms. The molecule has 1 aliphatic heterocycles. The number of hydrogen-bond acceptors (Lipinski definition) is 22. The Balaban J connectivity index is 1.91. The summed E-state index contributed by atoms with van der Waals surface area (Å²) in [5.74, 6) is -22.2. The van der Waals surface area contributed by atoms with Crippen LogP contribution in [0.2, 0.25) is 0 Å². The number of nitrogens with zero attached hydrogens (tertiary/aromatic N) is 1. The number of benzene rings is 1. The number of rotatable bonds is 56. The van der Waals surface area contributed by atoms with Crippen LogP contribution in [0.5, 0.6) is 0 Å². The number of carbonyl (C=O) groups excluding carboxylic acids is 14. The summed E-state index contributed by atoms with van der Waals surface area (Å²) < 4.78 is 0. The Morgan fingerprint density at radius 1 is 0.410 bits per heavy atom. The predicted octanol–water partition coefficient (Wildman–Crippen LogP) is -1.95. The van der Waals surface area contributed by atoms with Crippen molar-refractivity contribution in [3.63, 3.8) is 0 Å². The summed E-state index contributed by atoms with van der Waals surface area (Å²) in [5.41, 5.74) is 6.70. The SMILES string of the molecule is CC(C)C[C@H](NC(=O)[C@H](CCCCN)NC(=O)[C@H](CC(C)C)NC(=O)[C@H](CC(C)C)NC(=O)[C@H](CCC(=O)O)NC(=O)[C@@H](NC(=O)[C@H](CC(=O)O)NC(=O)[C@H](Cc1ccccc1)NC(=O)[C@@H](NC(=O)[C@H](CC(C)C)NC(=O)[C@@H](NC(=O)[C@H](C)NC(=O)[C@H](Cc1cnc[nH]1)NC(=O)[C@@H]1CCCN1)[C@@H](C)O)C(C)C)C(C)C)C(=O)N[C@@H](CCC(=O)O)C(=O)O. The number of nitrogens with two attached hydrogens (primary N) is 1. The summed E-state index contributed by atoms with van der Waals surface area (Å²) in [5, 5.41) is 88.4. The molecule has 0 bridgehead atoms. The molecule has 2 aromatic rings. The molecule has 1 aliphatic rings. The lowest BCUT2D eigenvalue weighted by Crippen LogP contribution is -2.62. The fourth-order valence-electron chi connectivity index (χ4n) is 13.1. The van der Waals surface area contributed by atoms with Crippen molar-refractivity contribution in [3.8, 4) is 0 Å². The zero-order chi connectivity index (χ0) is 91.9. The van der Waals surface area contributed by atoms with Crippen molar-refractivity contribution < 1.29 is 112 Å². The second-order valence-corrected chi connectivity index (χ2v) is 33.3. The normalized spacial score (nSPS) is 16.3. The molecule has 0 spiro atoms. The predicted molar refractivity (Wildman–Crippen MR) is 442 cm³/mol. The second kappa shape index (κ2) is 52.8. The zero-order valence-corrected chi connectivity index (χ0v) is 72.1. The van der Waals surface area contributed by atoms with Crippen molar-refractivity contribution in [2.45, 2.75) is 296 Å². The number of carbonyl (C=O) groups is 18. The molecule has 1 saturated heterocycles. The summed E-state index contributed by atoms with van der Waals surface area (Å²) in [6, 6.07) is -14.1. The summed E-state index contributed by atoms with van der Waals surface area (Å²) in [7, 11) is 0. The van der Waals surface area contributed by atoms with Gasteiger partial charge in [-0.2, -0.15) is 0 Å². The number of amides is 14. The van der Waals surface area contributed by atoms with E-state index in [1.54, 1.807) is 99.6 Å². The van der Waals surface area contributed by atoms with E-state index in [9.17, 15) is 112 Å². The number of nitrogens with one attached hydrogen (secondary N) is 16. The Morgan fingerprint density at radius 2 is 0.787 bits per heavy atom. The van der Waals surface area contributed by atoms with Crippen LogP contribution in [-0.4, -0.2) is 252 Å². The number of hydrogen-bond donors (Lipinski definition) is 22. The lowest BCUT2D eigenvalue weighted by molar-refractivity contribution is -0.144. The molecule has 0 radical (unpaired) electrons. The van der Waals surface area contributed by atoms with Gasteiger partial charge in [0.15, 0.2) is 0 Å². The molecule has 1 aromatic heterocycles. The molecule has 3 rings (SSSR count). The molecule has 1 aromatic carbocycles. The van der Waals surface area contributed by atoms with E-state index < -0.39 is 247 Å². The van der Waals surface area contributed by atoms with Gasteiger partial charge >= 0.3 is 23.9 Å². The molecular formula is C81H130N18O23. The molecule has 2 heterocycles. The molecule has 16 atom stereocenters. The highest BCUT2D eigenvalue weighted by atomic mass is 16.4. The van der Waals surface area contributed by atoms with Crippen LogP contribution < -0.4 is 85.5 Å². The van der Waals surface area contributed by atoms with Crippen LogP contribution in [0, 0.1) is 35.5 Å². The van der Waals surface area contributed by atoms with Gasteiger partial charge in [0.05, 0.1) is 24.9 Å². The van der Waals surface area contributed by atoms with Crippen molar-refractivity contribution in [2.24, 2.45) is 41.2 Å². The standard InChI is InChI=1S/C81H130N18O23/c1-40(2)31-54(72(112)87-51(23-18-19-29-82)69(109)90-55(32-41(3)4)73(113)89-53(81(121)122)26-28-62(103)104)92-74(114)56(33-42(5)6)91-70(110)52(25-27-61(101)102)88-78(118)64(44(9)10)98-77(117)60(37-63(105)106)94-75(115)58(35-48-21-16-15-17-22-48)96-79(119)65(45(11)12)97-76(116)57(34-43(7)8)95-80(120)66(47(14)100)99-67(107)46(13)86-71(111)59(36-49-38-83-39-85-49)93-68(108)50-24-20-30-84-50/h15-17,21-22,38-47,50-60,64-66,84,100H,18-20,23-37,82H2,1-14H3,(H,83,85)(H,86,111)(H,87,112)(H,88,118)(H,89,113)(H,90,109)(H,91,110)(H,92,114)(H,93,108)(H,94,115)(H,95,120)(H,96,119)(H,97,116)(H,98,117)(H,99,107)(H,101,102)(H,103,104)(H,105,106)(H,121,122)/t46-,47+,50-,51-,52-,53-,54-,55-,56-,57-,58-,59-,60-,64-,65-,66-/m0/s1. The van der Waals surface area contributed by atoms with Crippen molar-refractivity contribution in [1.29, 1.82) is 0 Å². The van der Waals surface area contributed by atoms with E-state index in [-0.39, 0.29) is 81.6 Å². The number of unbranched alkanes of at least 4 members (excludes halogenated alkanes) is 1. The summed E-state index contributed by atoms with van der Waals surface area (Å²) in [6.07, 6.45) is -0.994. The molecule has 0 aliphatic carbocycles. The molecule has 14 amide bonds. The number of aromatic amines is 1. The Morgan fingerprint density at radius 3 is 1.20 bits per heavy atom. The van der Waals surface area contributed by atoms with Gasteiger partial charge in [-0.15, -0.1) is 0 Å². The first-order valence-corrected chi connectivity index (χ1v) is 41.5. The molecule has 0 saturated carbocycles. The van der Waals surface area contributed by atoms with E-state index in [4.69, 9.17) is 5.73 Å². The van der Waals surface area contributed by atoms with Crippen LogP contribution in [0.1, 0.15) is 198 Å². The Labute approximate surface area is 710 Å². The van der Waals surface area contributed by atoms with Crippen LogP contribution in [0.3, 0.4) is 0 Å². The Hall–Kier alpha value is -11.2. The topological polar surface area (TPSA) is 644 Å². The number of carboxylic acids is 4. The van der Waals surface area contributed by atoms with E-state index in [0.29, 0.717) is 30.6 Å². The number of carboxylic acid groups (broad SMARTS) is 4. The third kappa shape index (κ3) is 38.2. The van der Waals surface area contributed by atoms with Gasteiger partial charge in [0, 0.05) is 37.6 Å². The van der Waals surface area contributed by atoms with Gasteiger partial charge in [-0.3, -0.25) is 81.5 Å². The highest BCUT2D eigenvalue weighted by Crippen LogP contribution is 2.18. The number of imidazole rings is 1. The van der Waals surface area contributed by atoms with Crippen LogP contribution in [0.25, 0.3) is 0 Å². The third-order valence-corrected chi connectivity index (χ3v) is 19.7. The lowest BCUT2D eigenvalue weighted by Gasteiger charge is -2.30. The first-order chi connectivity index (χ1) is 57.2. The highest BCUT2D eigenvalue weighted by Gasteiger charge is 2.41. The van der Waals surface area contributed by atoms with Gasteiger partial charge in [0.25, 0.3) is 0 Å². The van der Waals surface area contributed by atoms with Crippen molar-refractivity contribution in [1.82, 2.24) is 89.7 Å². The Kier molecular flexibility index (Phi) is 45.5. The van der Waals surface area contributed by atoms with Gasteiger partial charge in [0.2, 0.25) is 82.7 Å². The molecule has 0 unspecified atom stereocenters. The first kappa shape index (κ1) is 105. The van der Waals surface area contributed by atoms with Gasteiger partial charge in [-0.05, 0) is 139 Å². The van der Waals surface area contributed by atoms with Crippen LogP contribution in [0.4, 0.5) is 0 Å². The van der Waals surface area contributed by atoms with E-state index in [1.165, 1.54) is 40.2 Å². The van der Waals surface area contributed by atoms with E-state index >= 15 is 0 Å². The average Bonchev–Trinajstić information content (AvgIpc) is 1.31. The van der Waals surface area contributed by atoms with E-state index in [1.807, 2.05) is 0 Å². The molecule has 23 N–H and O–H groups in total. The number of H-pyrrole nitrogens is 1. The molecule has 41 heteroatoms. The number of aliphatic hydroxyl groups is 1. The minimum Gasteiger partial charge on any atom is -0.481 e. The second-order valence-electron chi connectivity index (χ2n) is 33.3. The number of aromatic nitrogens is 2. The number of aliphatic hydroxyl groups excluding tert-OH is 1. The van der Waals surface area contributed by atoms with Crippen molar-refractivity contribution >= 4 is 107 Å². The maximum Gasteiger partial charge on any atom is 0.326 e. The van der Waals surface area contributed by atoms with Gasteiger partial charge in [-0.1, -0.05) is 113 Å². The smallest absolute Gasteiger partial charge is 0.326 e. The minimum absolute atomic E-state index is 0.0161. The van der Waals surface area contributed by atoms with Gasteiger partial charge in [0.1, 0.15) is 84.6 Å². The quantitative estimate of drug-likeness (QED) is 0.0320. The van der Waals surface area contributed by atoms with Crippen LogP contribution in [0.15, 0.2) is 42.9 Å². The summed E-state index contributed by atoms with van der Waals surface area (Å²) in [4.78, 5) is 254. The molecular weight excluding hydrogens is 1590 g/mol. The molecule has 682 valence electrons. The number of aliphatic carboxylic acids is 4. The highest BCUT2D eigenvalue weighted by molar-refractivity contribution is 6.01. The van der Waals surface area contributed by atoms with E-state index in [0.717, 1.165) is 6.42 Å². The maximum absolute atomic E-state index is 14.7. The minimum atomic E-state index is -2.02. The monoisotopic (exact) mass is 1720 g/mol. The van der Waals surface area contributed by atoms with E-state index in [2.05, 4.69) is 89.7 Å². The van der Waals surface area contributed by atoms with Crippen LogP contribution in [-0.2, 0) is 99.1 Å². The van der Waals surface area contributed by atoms with Crippen molar-refractivity contribution in [3.05, 3.63) is 54.1 Å². The molecule has 1 fully saturated rings. The zero-order valence-electron chi connectivity index (χ0n) is 72.1. The summed E-state index contributed by atoms with van der Waals surface area (Å²) in [6.45, 7) is 23.0. The Bertz CT molecular complexity index is 3840. The van der Waals surface area contributed by atoms with Crippen LogP contribution >= 0.6 is 0 Å². The fraction of sp³-hybridized carbons (Fsp3) is 0.667. The molecule has 41 nitrogen and oxygen atoms in total. The lowest BCUT2D eigenvalue weighted by atomic mass is 9.98. The maximum atomic E-state index is 14.7. The summed E-state index contributed by atoms with van der Waals surface area (Å²) >= 11 is 0. The van der Waals surface area contributed by atoms with Gasteiger partial charge < -0.3 is 116 Å². The largest absolute Gasteiger partial charge is 0.481 e. The first-order valence-electron chi connectivity index (χ1n) is 41.5. The fourth-order valence-corrected chi connectivity index (χ4v) is 13.1.